The third-order valence-corrected chi connectivity index (χ3v) is 4.44. The number of pyridine rings is 1. The highest BCUT2D eigenvalue weighted by molar-refractivity contribution is 6.30. The lowest BCUT2D eigenvalue weighted by Crippen LogP contribution is -2.43. The van der Waals surface area contributed by atoms with Gasteiger partial charge in [-0.15, -0.1) is 0 Å². The number of rotatable bonds is 4. The van der Waals surface area contributed by atoms with Gasteiger partial charge in [-0.1, -0.05) is 41.9 Å². The SMILES string of the molecule is CNC(=O)NC(=O)[C@@H](C)OC(=O)c1cc(-c2ccc(Cl)cc2)nc2ccccc12. The van der Waals surface area contributed by atoms with Gasteiger partial charge in [0.15, 0.2) is 6.10 Å². The molecule has 0 saturated carbocycles. The standard InChI is InChI=1S/C21H18ClN3O4/c1-12(19(26)25-21(28)23-2)29-20(27)16-11-18(13-7-9-14(22)10-8-13)24-17-6-4-3-5-15(16)17/h3-12H,1-2H3,(H2,23,25,26,28)/t12-/m1/s1. The summed E-state index contributed by atoms with van der Waals surface area (Å²) in [5, 5.41) is 5.52. The van der Waals surface area contributed by atoms with Gasteiger partial charge in [0.2, 0.25) is 0 Å². The molecule has 0 aliphatic heterocycles. The smallest absolute Gasteiger partial charge is 0.339 e. The first kappa shape index (κ1) is 20.3. The van der Waals surface area contributed by atoms with Crippen molar-refractivity contribution in [3.63, 3.8) is 0 Å². The zero-order valence-electron chi connectivity index (χ0n) is 15.7. The lowest BCUT2D eigenvalue weighted by Gasteiger charge is -2.14. The Labute approximate surface area is 172 Å². The van der Waals surface area contributed by atoms with Crippen LogP contribution >= 0.6 is 11.6 Å². The van der Waals surface area contributed by atoms with Gasteiger partial charge >= 0.3 is 12.0 Å². The van der Waals surface area contributed by atoms with Crippen molar-refractivity contribution >= 4 is 40.4 Å². The minimum atomic E-state index is -1.16. The van der Waals surface area contributed by atoms with E-state index < -0.39 is 24.0 Å². The molecule has 1 heterocycles. The topological polar surface area (TPSA) is 97.4 Å². The summed E-state index contributed by atoms with van der Waals surface area (Å²) >= 11 is 5.95. The molecule has 0 spiro atoms. The molecule has 7 nitrogen and oxygen atoms in total. The Bertz CT molecular complexity index is 1080. The third-order valence-electron chi connectivity index (χ3n) is 4.19. The normalized spacial score (nSPS) is 11.6. The van der Waals surface area contributed by atoms with Gasteiger partial charge < -0.3 is 10.1 Å². The summed E-state index contributed by atoms with van der Waals surface area (Å²) < 4.78 is 5.28. The van der Waals surface area contributed by atoms with Crippen LogP contribution in [0.15, 0.2) is 54.6 Å². The summed E-state index contributed by atoms with van der Waals surface area (Å²) in [5.74, 6) is -1.42. The molecule has 0 aliphatic rings. The van der Waals surface area contributed by atoms with Gasteiger partial charge in [0.05, 0.1) is 16.8 Å². The van der Waals surface area contributed by atoms with Gasteiger partial charge in [-0.2, -0.15) is 0 Å². The van der Waals surface area contributed by atoms with Crippen molar-refractivity contribution in [3.8, 4) is 11.3 Å². The molecule has 1 aromatic heterocycles. The Morgan fingerprint density at radius 2 is 1.76 bits per heavy atom. The highest BCUT2D eigenvalue weighted by atomic mass is 35.5. The molecule has 0 radical (unpaired) electrons. The number of ether oxygens (including phenoxy) is 1. The lowest BCUT2D eigenvalue weighted by atomic mass is 10.0. The summed E-state index contributed by atoms with van der Waals surface area (Å²) in [7, 11) is 1.38. The van der Waals surface area contributed by atoms with Crippen LogP contribution in [0.2, 0.25) is 5.02 Å². The van der Waals surface area contributed by atoms with Crippen LogP contribution in [0, 0.1) is 0 Å². The predicted octanol–water partition coefficient (Wildman–Crippen LogP) is 3.56. The molecule has 3 amide bonds. The molecule has 0 bridgehead atoms. The summed E-state index contributed by atoms with van der Waals surface area (Å²) in [6.07, 6.45) is -1.16. The molecule has 1 atom stereocenters. The van der Waals surface area contributed by atoms with Crippen LogP contribution in [0.4, 0.5) is 4.79 Å². The maximum absolute atomic E-state index is 12.8. The summed E-state index contributed by atoms with van der Waals surface area (Å²) in [5.41, 5.74) is 2.21. The van der Waals surface area contributed by atoms with Crippen LogP contribution in [0.1, 0.15) is 17.3 Å². The van der Waals surface area contributed by atoms with Crippen molar-refractivity contribution < 1.29 is 19.1 Å². The molecular formula is C21H18ClN3O4. The fraction of sp³-hybridized carbons (Fsp3) is 0.143. The second kappa shape index (κ2) is 8.70. The van der Waals surface area contributed by atoms with E-state index in [-0.39, 0.29) is 5.56 Å². The highest BCUT2D eigenvalue weighted by Crippen LogP contribution is 2.26. The Morgan fingerprint density at radius 1 is 1.07 bits per heavy atom. The number of imide groups is 1. The maximum atomic E-state index is 12.8. The second-order valence-electron chi connectivity index (χ2n) is 6.20. The predicted molar refractivity (Wildman–Crippen MR) is 110 cm³/mol. The number of nitrogens with zero attached hydrogens (tertiary/aromatic N) is 1. The van der Waals surface area contributed by atoms with Crippen molar-refractivity contribution in [1.82, 2.24) is 15.6 Å². The summed E-state index contributed by atoms with van der Waals surface area (Å²) in [6.45, 7) is 1.39. The Hall–Kier alpha value is -3.45. The highest BCUT2D eigenvalue weighted by Gasteiger charge is 2.22. The molecule has 3 rings (SSSR count). The van der Waals surface area contributed by atoms with Crippen LogP contribution in [-0.2, 0) is 9.53 Å². The number of nitrogens with one attached hydrogen (secondary N) is 2. The quantitative estimate of drug-likeness (QED) is 0.640. The number of amides is 3. The molecule has 8 heteroatoms. The number of urea groups is 1. The first-order valence-electron chi connectivity index (χ1n) is 8.78. The van der Waals surface area contributed by atoms with Crippen molar-refractivity contribution in [3.05, 3.63) is 65.2 Å². The number of carbonyl (C=O) groups excluding carboxylic acids is 3. The number of hydrogen-bond acceptors (Lipinski definition) is 5. The Balaban J connectivity index is 1.95. The van der Waals surface area contributed by atoms with E-state index in [4.69, 9.17) is 16.3 Å². The van der Waals surface area contributed by atoms with E-state index in [0.717, 1.165) is 5.56 Å². The number of para-hydroxylation sites is 1. The van der Waals surface area contributed by atoms with Gasteiger partial charge in [-0.3, -0.25) is 10.1 Å². The molecule has 0 saturated heterocycles. The number of aromatic nitrogens is 1. The molecule has 0 aliphatic carbocycles. The van der Waals surface area contributed by atoms with E-state index in [0.29, 0.717) is 21.6 Å². The lowest BCUT2D eigenvalue weighted by molar-refractivity contribution is -0.127. The van der Waals surface area contributed by atoms with Crippen LogP contribution in [0.5, 0.6) is 0 Å². The van der Waals surface area contributed by atoms with Gasteiger partial charge in [0.1, 0.15) is 0 Å². The largest absolute Gasteiger partial charge is 0.449 e. The zero-order valence-corrected chi connectivity index (χ0v) is 16.5. The van der Waals surface area contributed by atoms with Crippen LogP contribution in [0.25, 0.3) is 22.2 Å². The minimum absolute atomic E-state index is 0.264. The van der Waals surface area contributed by atoms with E-state index in [1.54, 1.807) is 48.5 Å². The van der Waals surface area contributed by atoms with Crippen molar-refractivity contribution in [2.75, 3.05) is 7.05 Å². The van der Waals surface area contributed by atoms with E-state index >= 15 is 0 Å². The summed E-state index contributed by atoms with van der Waals surface area (Å²) in [6, 6.07) is 15.1. The minimum Gasteiger partial charge on any atom is -0.449 e. The second-order valence-corrected chi connectivity index (χ2v) is 6.63. The number of esters is 1. The average Bonchev–Trinajstić information content (AvgIpc) is 2.73. The molecule has 3 aromatic rings. The maximum Gasteiger partial charge on any atom is 0.339 e. The number of hydrogen-bond donors (Lipinski definition) is 2. The Kier molecular flexibility index (Phi) is 6.09. The van der Waals surface area contributed by atoms with Crippen molar-refractivity contribution in [1.29, 1.82) is 0 Å². The number of fused-ring (bicyclic) bond motifs is 1. The number of halogens is 1. The summed E-state index contributed by atoms with van der Waals surface area (Å²) in [4.78, 5) is 40.7. The van der Waals surface area contributed by atoms with Gasteiger partial charge in [0, 0.05) is 23.0 Å². The van der Waals surface area contributed by atoms with Gasteiger partial charge in [-0.05, 0) is 31.2 Å². The molecule has 2 aromatic carbocycles. The molecule has 2 N–H and O–H groups in total. The first-order valence-corrected chi connectivity index (χ1v) is 9.16. The number of benzene rings is 2. The average molecular weight is 412 g/mol. The monoisotopic (exact) mass is 411 g/mol. The molecular weight excluding hydrogens is 394 g/mol. The molecule has 0 unspecified atom stereocenters. The Morgan fingerprint density at radius 3 is 2.45 bits per heavy atom. The van der Waals surface area contributed by atoms with E-state index in [1.165, 1.54) is 14.0 Å². The van der Waals surface area contributed by atoms with Crippen molar-refractivity contribution in [2.24, 2.45) is 0 Å². The first-order chi connectivity index (χ1) is 13.9. The van der Waals surface area contributed by atoms with E-state index in [1.807, 2.05) is 6.07 Å². The third kappa shape index (κ3) is 4.70. The van der Waals surface area contributed by atoms with E-state index in [9.17, 15) is 14.4 Å². The fourth-order valence-electron chi connectivity index (χ4n) is 2.67. The van der Waals surface area contributed by atoms with E-state index in [2.05, 4.69) is 15.6 Å². The molecule has 29 heavy (non-hydrogen) atoms. The molecule has 0 fully saturated rings. The van der Waals surface area contributed by atoms with Gasteiger partial charge in [-0.25, -0.2) is 14.6 Å². The van der Waals surface area contributed by atoms with Gasteiger partial charge in [0.25, 0.3) is 5.91 Å². The van der Waals surface area contributed by atoms with Crippen LogP contribution in [0.3, 0.4) is 0 Å². The number of carbonyl (C=O) groups is 3. The van der Waals surface area contributed by atoms with Crippen molar-refractivity contribution in [2.45, 2.75) is 13.0 Å². The molecule has 148 valence electrons. The van der Waals surface area contributed by atoms with Crippen LogP contribution in [-0.4, -0.2) is 36.0 Å². The zero-order chi connectivity index (χ0) is 21.0. The fourth-order valence-corrected chi connectivity index (χ4v) is 2.79. The van der Waals surface area contributed by atoms with Crippen LogP contribution < -0.4 is 10.6 Å².